The minimum Gasteiger partial charge on any atom is -0.371 e. The highest BCUT2D eigenvalue weighted by Gasteiger charge is 2.54. The number of carbonyl (C=O) groups excluding carboxylic acids is 2. The fraction of sp³-hybridized carbons (Fsp3) is 0.652. The van der Waals surface area contributed by atoms with E-state index in [1.54, 1.807) is 11.9 Å². The number of hydrogen-bond donors (Lipinski definition) is 3. The maximum Gasteiger partial charge on any atom is 0.416 e. The second kappa shape index (κ2) is 9.33. The smallest absolute Gasteiger partial charge is 0.371 e. The van der Waals surface area contributed by atoms with Crippen molar-refractivity contribution in [2.24, 2.45) is 11.3 Å². The van der Waals surface area contributed by atoms with Crippen LogP contribution in [0.3, 0.4) is 0 Å². The summed E-state index contributed by atoms with van der Waals surface area (Å²) < 4.78 is 40.1. The Hall–Kier alpha value is -2.00. The van der Waals surface area contributed by atoms with Gasteiger partial charge in [0.1, 0.15) is 5.54 Å². The highest BCUT2D eigenvalue weighted by atomic mass is 35.5. The summed E-state index contributed by atoms with van der Waals surface area (Å²) in [5, 5.41) is 9.07. The van der Waals surface area contributed by atoms with Crippen LogP contribution in [0.2, 0.25) is 5.02 Å². The van der Waals surface area contributed by atoms with Crippen LogP contribution < -0.4 is 16.0 Å². The summed E-state index contributed by atoms with van der Waals surface area (Å²) in [6.07, 6.45) is -2.86. The third-order valence-electron chi connectivity index (χ3n) is 6.87. The maximum atomic E-state index is 14.1. The molecule has 2 heterocycles. The molecule has 0 bridgehead atoms. The molecule has 6 nitrogen and oxygen atoms in total. The fourth-order valence-corrected chi connectivity index (χ4v) is 5.25. The van der Waals surface area contributed by atoms with Crippen molar-refractivity contribution >= 4 is 29.1 Å². The van der Waals surface area contributed by atoms with Crippen molar-refractivity contribution in [3.8, 4) is 0 Å². The van der Waals surface area contributed by atoms with E-state index in [-0.39, 0.29) is 34.5 Å². The molecule has 10 heteroatoms. The molecule has 3 atom stereocenters. The summed E-state index contributed by atoms with van der Waals surface area (Å²) in [6.45, 7) is 7.34. The molecule has 0 aromatic heterocycles. The van der Waals surface area contributed by atoms with Crippen LogP contribution in [0.4, 0.5) is 18.9 Å². The lowest BCUT2D eigenvalue weighted by atomic mass is 9.67. The molecule has 1 unspecified atom stereocenters. The largest absolute Gasteiger partial charge is 0.416 e. The van der Waals surface area contributed by atoms with Crippen LogP contribution in [-0.4, -0.2) is 55.0 Å². The molecule has 184 valence electrons. The summed E-state index contributed by atoms with van der Waals surface area (Å²) in [5.74, 6) is -0.671. The summed E-state index contributed by atoms with van der Waals surface area (Å²) >= 11 is 6.00. The molecular formula is C23H32ClF3N4O2. The molecule has 0 aliphatic carbocycles. The number of nitrogens with zero attached hydrogens (tertiary/aromatic N) is 1. The van der Waals surface area contributed by atoms with Crippen LogP contribution in [0, 0.1) is 11.3 Å². The summed E-state index contributed by atoms with van der Waals surface area (Å²) in [5.41, 5.74) is -2.53. The lowest BCUT2D eigenvalue weighted by Gasteiger charge is -2.53. The van der Waals surface area contributed by atoms with E-state index < -0.39 is 22.7 Å². The van der Waals surface area contributed by atoms with Crippen LogP contribution in [0.5, 0.6) is 0 Å². The van der Waals surface area contributed by atoms with Gasteiger partial charge in [-0.1, -0.05) is 32.4 Å². The first-order valence-corrected chi connectivity index (χ1v) is 11.6. The Morgan fingerprint density at radius 2 is 1.94 bits per heavy atom. The number of amides is 2. The highest BCUT2D eigenvalue weighted by Crippen LogP contribution is 2.44. The number of benzene rings is 1. The number of anilines is 1. The summed E-state index contributed by atoms with van der Waals surface area (Å²) in [4.78, 5) is 28.3. The predicted octanol–water partition coefficient (Wildman–Crippen LogP) is 3.90. The molecule has 2 fully saturated rings. The standard InChI is InChI=1S/C23H32ClF3N4O2/c1-21(2,3)22(30-16-11-14(23(25,26)27)10-15(24)12-16)7-5-9-31(20(22)33)18-13-29-8-6-17(18)19(32)28-4/h10-12,17-18,29-30H,5-9,13H2,1-4H3,(H,28,32)/t17-,18-,22?/m1/s1. The van der Waals surface area contributed by atoms with Gasteiger partial charge in [-0.15, -0.1) is 0 Å². The molecule has 1 aromatic carbocycles. The number of rotatable bonds is 4. The van der Waals surface area contributed by atoms with Gasteiger partial charge in [-0.05, 0) is 49.4 Å². The zero-order valence-corrected chi connectivity index (χ0v) is 20.2. The second-order valence-electron chi connectivity index (χ2n) is 9.89. The van der Waals surface area contributed by atoms with E-state index in [4.69, 9.17) is 11.6 Å². The van der Waals surface area contributed by atoms with Gasteiger partial charge in [0, 0.05) is 30.8 Å². The van der Waals surface area contributed by atoms with E-state index in [0.29, 0.717) is 38.9 Å². The van der Waals surface area contributed by atoms with Gasteiger partial charge in [-0.3, -0.25) is 9.59 Å². The van der Waals surface area contributed by atoms with E-state index >= 15 is 0 Å². The predicted molar refractivity (Wildman–Crippen MR) is 122 cm³/mol. The highest BCUT2D eigenvalue weighted by molar-refractivity contribution is 6.31. The average molecular weight is 489 g/mol. The van der Waals surface area contributed by atoms with Crippen LogP contribution >= 0.6 is 11.6 Å². The molecule has 0 saturated carbocycles. The van der Waals surface area contributed by atoms with Crippen LogP contribution in [0.25, 0.3) is 0 Å². The van der Waals surface area contributed by atoms with Gasteiger partial charge in [0.05, 0.1) is 17.5 Å². The van der Waals surface area contributed by atoms with E-state index in [2.05, 4.69) is 16.0 Å². The summed E-state index contributed by atoms with van der Waals surface area (Å²) in [6, 6.07) is 2.93. The molecule has 0 spiro atoms. The number of carbonyl (C=O) groups is 2. The molecule has 1 aromatic rings. The Bertz CT molecular complexity index is 903. The Morgan fingerprint density at radius 3 is 2.55 bits per heavy atom. The minimum absolute atomic E-state index is 0.0624. The number of alkyl halides is 3. The minimum atomic E-state index is -4.56. The summed E-state index contributed by atoms with van der Waals surface area (Å²) in [7, 11) is 1.58. The normalized spacial score (nSPS) is 26.8. The lowest BCUT2D eigenvalue weighted by Crippen LogP contribution is -2.68. The topological polar surface area (TPSA) is 73.5 Å². The first-order chi connectivity index (χ1) is 15.3. The molecule has 2 aliphatic rings. The molecule has 3 N–H and O–H groups in total. The van der Waals surface area contributed by atoms with E-state index in [0.717, 1.165) is 12.1 Å². The quantitative estimate of drug-likeness (QED) is 0.601. The Balaban J connectivity index is 2.01. The average Bonchev–Trinajstić information content (AvgIpc) is 2.73. The van der Waals surface area contributed by atoms with Crippen molar-refractivity contribution < 1.29 is 22.8 Å². The van der Waals surface area contributed by atoms with Crippen LogP contribution in [0.15, 0.2) is 18.2 Å². The number of halogens is 4. The van der Waals surface area contributed by atoms with E-state index in [9.17, 15) is 22.8 Å². The Kier molecular flexibility index (Phi) is 7.24. The van der Waals surface area contributed by atoms with E-state index in [1.807, 2.05) is 20.8 Å². The van der Waals surface area contributed by atoms with Crippen LogP contribution in [0.1, 0.15) is 45.6 Å². The van der Waals surface area contributed by atoms with Crippen molar-refractivity contribution in [2.75, 3.05) is 32.0 Å². The molecule has 3 rings (SSSR count). The van der Waals surface area contributed by atoms with Gasteiger partial charge in [0.15, 0.2) is 0 Å². The van der Waals surface area contributed by atoms with Gasteiger partial charge < -0.3 is 20.9 Å². The second-order valence-corrected chi connectivity index (χ2v) is 10.3. The number of nitrogens with one attached hydrogen (secondary N) is 3. The molecule has 2 aliphatic heterocycles. The van der Waals surface area contributed by atoms with E-state index in [1.165, 1.54) is 6.07 Å². The van der Waals surface area contributed by atoms with Gasteiger partial charge in [0.25, 0.3) is 0 Å². The SMILES string of the molecule is CNC(=O)[C@@H]1CCNC[C@H]1N1CCCC(Nc2cc(Cl)cc(C(F)(F)F)c2)(C(C)(C)C)C1=O. The lowest BCUT2D eigenvalue weighted by molar-refractivity contribution is -0.149. The molecule has 33 heavy (non-hydrogen) atoms. The number of hydrogen-bond acceptors (Lipinski definition) is 4. The molecule has 0 radical (unpaired) electrons. The first-order valence-electron chi connectivity index (χ1n) is 11.2. The van der Waals surface area contributed by atoms with Crippen LogP contribution in [-0.2, 0) is 15.8 Å². The molecular weight excluding hydrogens is 457 g/mol. The number of piperidine rings is 2. The number of likely N-dealkylation sites (tertiary alicyclic amines) is 1. The van der Waals surface area contributed by atoms with Crippen molar-refractivity contribution in [1.29, 1.82) is 0 Å². The molecule has 2 amide bonds. The molecule has 2 saturated heterocycles. The van der Waals surface area contributed by atoms with Crippen molar-refractivity contribution in [3.63, 3.8) is 0 Å². The Labute approximate surface area is 197 Å². The monoisotopic (exact) mass is 488 g/mol. The van der Waals surface area contributed by atoms with Crippen molar-refractivity contribution in [2.45, 2.75) is 57.8 Å². The fourth-order valence-electron chi connectivity index (χ4n) is 5.02. The third kappa shape index (κ3) is 5.09. The zero-order valence-electron chi connectivity index (χ0n) is 19.4. The van der Waals surface area contributed by atoms with Gasteiger partial charge in [-0.25, -0.2) is 0 Å². The maximum absolute atomic E-state index is 14.1. The first kappa shape index (κ1) is 25.6. The van der Waals surface area contributed by atoms with Crippen molar-refractivity contribution in [1.82, 2.24) is 15.5 Å². The zero-order chi connectivity index (χ0) is 24.6. The van der Waals surface area contributed by atoms with Crippen molar-refractivity contribution in [3.05, 3.63) is 28.8 Å². The third-order valence-corrected chi connectivity index (χ3v) is 7.09. The van der Waals surface area contributed by atoms with Gasteiger partial charge in [-0.2, -0.15) is 13.2 Å². The van der Waals surface area contributed by atoms with Gasteiger partial charge in [0.2, 0.25) is 11.8 Å². The van der Waals surface area contributed by atoms with Gasteiger partial charge >= 0.3 is 6.18 Å². The Morgan fingerprint density at radius 1 is 1.24 bits per heavy atom.